The van der Waals surface area contributed by atoms with Gasteiger partial charge in [0, 0.05) is 18.5 Å². The Morgan fingerprint density at radius 2 is 2.11 bits per heavy atom. The van der Waals surface area contributed by atoms with Gasteiger partial charge in [0.25, 0.3) is 0 Å². The molecule has 0 aliphatic heterocycles. The molecule has 1 amide bonds. The van der Waals surface area contributed by atoms with Crippen molar-refractivity contribution in [2.75, 3.05) is 13.6 Å². The molecule has 0 aliphatic rings. The third kappa shape index (κ3) is 4.00. The Bertz CT molecular complexity index is 409. The van der Waals surface area contributed by atoms with Gasteiger partial charge in [-0.2, -0.15) is 0 Å². The number of nitrogens with zero attached hydrogens (tertiary/aromatic N) is 1. The molecule has 0 radical (unpaired) electrons. The first kappa shape index (κ1) is 15.0. The zero-order valence-electron chi connectivity index (χ0n) is 11.2. The topological polar surface area (TPSA) is 46.3 Å². The molecule has 2 atom stereocenters. The second-order valence-corrected chi connectivity index (χ2v) is 5.22. The van der Waals surface area contributed by atoms with Crippen molar-refractivity contribution in [2.24, 2.45) is 11.7 Å². The quantitative estimate of drug-likeness (QED) is 0.893. The number of rotatable bonds is 5. The number of halogens is 1. The van der Waals surface area contributed by atoms with Gasteiger partial charge in [-0.3, -0.25) is 4.79 Å². The zero-order valence-corrected chi connectivity index (χ0v) is 11.9. The zero-order chi connectivity index (χ0) is 13.7. The summed E-state index contributed by atoms with van der Waals surface area (Å²) in [5, 5.41) is 0.690. The maximum Gasteiger partial charge on any atom is 0.223 e. The number of benzene rings is 1. The van der Waals surface area contributed by atoms with E-state index in [1.807, 2.05) is 45.2 Å². The fourth-order valence-corrected chi connectivity index (χ4v) is 1.93. The van der Waals surface area contributed by atoms with Crippen LogP contribution in [0.4, 0.5) is 0 Å². The second kappa shape index (κ2) is 6.76. The lowest BCUT2D eigenvalue weighted by Gasteiger charge is -2.26. The van der Waals surface area contributed by atoms with Gasteiger partial charge in [0.2, 0.25) is 5.91 Å². The highest BCUT2D eigenvalue weighted by Gasteiger charge is 2.18. The fraction of sp³-hybridized carbons (Fsp3) is 0.500. The van der Waals surface area contributed by atoms with Crippen molar-refractivity contribution in [1.82, 2.24) is 4.90 Å². The van der Waals surface area contributed by atoms with Gasteiger partial charge >= 0.3 is 0 Å². The second-order valence-electron chi connectivity index (χ2n) is 4.78. The molecule has 18 heavy (non-hydrogen) atoms. The number of nitrogens with two attached hydrogens (primary N) is 1. The molecular weight excluding hydrogens is 248 g/mol. The molecule has 0 spiro atoms. The summed E-state index contributed by atoms with van der Waals surface area (Å²) < 4.78 is 0. The first-order chi connectivity index (χ1) is 8.45. The smallest absolute Gasteiger partial charge is 0.223 e. The van der Waals surface area contributed by atoms with Gasteiger partial charge in [-0.25, -0.2) is 0 Å². The third-order valence-corrected chi connectivity index (χ3v) is 3.47. The first-order valence-corrected chi connectivity index (χ1v) is 6.54. The lowest BCUT2D eigenvalue weighted by Crippen LogP contribution is -2.31. The summed E-state index contributed by atoms with van der Waals surface area (Å²) in [5.74, 6) is 0.326. The molecule has 0 saturated carbocycles. The van der Waals surface area contributed by atoms with E-state index in [0.717, 1.165) is 5.56 Å². The average Bonchev–Trinajstić information content (AvgIpc) is 2.36. The molecule has 0 bridgehead atoms. The monoisotopic (exact) mass is 268 g/mol. The highest BCUT2D eigenvalue weighted by Crippen LogP contribution is 2.22. The Hall–Kier alpha value is -1.06. The standard InChI is InChI=1S/C14H21ClN2O/c1-10(9-16)7-14(18)17(3)11(2)12-5-4-6-13(15)8-12/h4-6,8,10-11H,7,9,16H2,1-3H3. The van der Waals surface area contributed by atoms with Crippen LogP contribution < -0.4 is 5.73 Å². The molecule has 1 aromatic carbocycles. The molecule has 1 rings (SSSR count). The predicted molar refractivity (Wildman–Crippen MR) is 75.5 cm³/mol. The van der Waals surface area contributed by atoms with E-state index in [-0.39, 0.29) is 17.9 Å². The number of amides is 1. The lowest BCUT2D eigenvalue weighted by atomic mass is 10.0. The van der Waals surface area contributed by atoms with Crippen LogP contribution in [0.2, 0.25) is 5.02 Å². The molecule has 0 heterocycles. The number of carbonyl (C=O) groups is 1. The summed E-state index contributed by atoms with van der Waals surface area (Å²) in [6, 6.07) is 7.61. The fourth-order valence-electron chi connectivity index (χ4n) is 1.73. The van der Waals surface area contributed by atoms with E-state index in [1.165, 1.54) is 0 Å². The molecule has 0 aromatic heterocycles. The number of hydrogen-bond donors (Lipinski definition) is 1. The highest BCUT2D eigenvalue weighted by atomic mass is 35.5. The highest BCUT2D eigenvalue weighted by molar-refractivity contribution is 6.30. The molecule has 0 saturated heterocycles. The van der Waals surface area contributed by atoms with Crippen molar-refractivity contribution in [2.45, 2.75) is 26.3 Å². The van der Waals surface area contributed by atoms with Gasteiger partial charge in [-0.15, -0.1) is 0 Å². The van der Waals surface area contributed by atoms with E-state index in [1.54, 1.807) is 4.90 Å². The van der Waals surface area contributed by atoms with Crippen LogP contribution in [-0.2, 0) is 4.79 Å². The van der Waals surface area contributed by atoms with Gasteiger partial charge in [-0.05, 0) is 37.1 Å². The van der Waals surface area contributed by atoms with Crippen LogP contribution >= 0.6 is 11.6 Å². The van der Waals surface area contributed by atoms with E-state index < -0.39 is 0 Å². The van der Waals surface area contributed by atoms with Crippen LogP contribution in [0.1, 0.15) is 31.9 Å². The van der Waals surface area contributed by atoms with E-state index in [0.29, 0.717) is 18.0 Å². The Morgan fingerprint density at radius 1 is 1.44 bits per heavy atom. The average molecular weight is 269 g/mol. The Labute approximate surface area is 114 Å². The molecule has 0 fully saturated rings. The summed E-state index contributed by atoms with van der Waals surface area (Å²) in [5.41, 5.74) is 6.58. The molecule has 2 unspecified atom stereocenters. The normalized spacial score (nSPS) is 14.1. The van der Waals surface area contributed by atoms with Crippen LogP contribution in [0.25, 0.3) is 0 Å². The molecule has 2 N–H and O–H groups in total. The summed E-state index contributed by atoms with van der Waals surface area (Å²) in [4.78, 5) is 13.8. The van der Waals surface area contributed by atoms with E-state index in [4.69, 9.17) is 17.3 Å². The SMILES string of the molecule is CC(CN)CC(=O)N(C)C(C)c1cccc(Cl)c1. The van der Waals surface area contributed by atoms with Crippen LogP contribution in [0.15, 0.2) is 24.3 Å². The van der Waals surface area contributed by atoms with Crippen LogP contribution in [0, 0.1) is 5.92 Å². The number of hydrogen-bond acceptors (Lipinski definition) is 2. The van der Waals surface area contributed by atoms with Crippen molar-refractivity contribution in [3.63, 3.8) is 0 Å². The molecule has 100 valence electrons. The van der Waals surface area contributed by atoms with Gasteiger partial charge in [0.1, 0.15) is 0 Å². The predicted octanol–water partition coefficient (Wildman–Crippen LogP) is 2.84. The summed E-state index contributed by atoms with van der Waals surface area (Å²) in [7, 11) is 1.82. The number of carbonyl (C=O) groups excluding carboxylic acids is 1. The van der Waals surface area contributed by atoms with Gasteiger partial charge in [-0.1, -0.05) is 30.7 Å². The Morgan fingerprint density at radius 3 is 2.67 bits per heavy atom. The van der Waals surface area contributed by atoms with Crippen molar-refractivity contribution in [1.29, 1.82) is 0 Å². The maximum absolute atomic E-state index is 12.0. The molecule has 4 heteroatoms. The largest absolute Gasteiger partial charge is 0.339 e. The van der Waals surface area contributed by atoms with E-state index >= 15 is 0 Å². The minimum absolute atomic E-state index is 0.0150. The molecule has 1 aromatic rings. The maximum atomic E-state index is 12.0. The lowest BCUT2D eigenvalue weighted by molar-refractivity contribution is -0.132. The summed E-state index contributed by atoms with van der Waals surface area (Å²) in [6.07, 6.45) is 0.484. The van der Waals surface area contributed by atoms with Crippen molar-refractivity contribution in [3.8, 4) is 0 Å². The minimum Gasteiger partial charge on any atom is -0.339 e. The molecular formula is C14H21ClN2O. The van der Waals surface area contributed by atoms with Gasteiger partial charge in [0.15, 0.2) is 0 Å². The van der Waals surface area contributed by atoms with Crippen LogP contribution in [-0.4, -0.2) is 24.4 Å². The minimum atomic E-state index is 0.0150. The van der Waals surface area contributed by atoms with Gasteiger partial charge in [0.05, 0.1) is 6.04 Å². The van der Waals surface area contributed by atoms with E-state index in [9.17, 15) is 4.79 Å². The van der Waals surface area contributed by atoms with Crippen molar-refractivity contribution < 1.29 is 4.79 Å². The summed E-state index contributed by atoms with van der Waals surface area (Å²) in [6.45, 7) is 4.51. The summed E-state index contributed by atoms with van der Waals surface area (Å²) >= 11 is 5.96. The third-order valence-electron chi connectivity index (χ3n) is 3.23. The van der Waals surface area contributed by atoms with Crippen molar-refractivity contribution in [3.05, 3.63) is 34.9 Å². The molecule has 0 aliphatic carbocycles. The van der Waals surface area contributed by atoms with Crippen LogP contribution in [0.3, 0.4) is 0 Å². The Balaban J connectivity index is 2.71. The van der Waals surface area contributed by atoms with Gasteiger partial charge < -0.3 is 10.6 Å². The van der Waals surface area contributed by atoms with E-state index in [2.05, 4.69) is 0 Å². The molecule has 3 nitrogen and oxygen atoms in total. The Kier molecular flexibility index (Phi) is 5.63. The first-order valence-electron chi connectivity index (χ1n) is 6.17. The van der Waals surface area contributed by atoms with Crippen LogP contribution in [0.5, 0.6) is 0 Å². The van der Waals surface area contributed by atoms with Crippen molar-refractivity contribution >= 4 is 17.5 Å².